The van der Waals surface area contributed by atoms with Gasteiger partial charge in [0.05, 0.1) is 12.7 Å². The van der Waals surface area contributed by atoms with E-state index in [2.05, 4.69) is 13.0 Å². The Balaban J connectivity index is 1.37. The molecule has 0 spiro atoms. The highest BCUT2D eigenvalue weighted by Crippen LogP contribution is 2.27. The lowest BCUT2D eigenvalue weighted by Gasteiger charge is -2.35. The molecule has 2 aromatic rings. The minimum Gasteiger partial charge on any atom is -0.464 e. The maximum atomic E-state index is 12.7. The molecule has 2 saturated heterocycles. The van der Waals surface area contributed by atoms with Gasteiger partial charge in [-0.1, -0.05) is 12.1 Å². The van der Waals surface area contributed by atoms with Gasteiger partial charge in [-0.05, 0) is 37.8 Å². The summed E-state index contributed by atoms with van der Waals surface area (Å²) in [6, 6.07) is 4.10. The van der Waals surface area contributed by atoms with Gasteiger partial charge >= 0.3 is 0 Å². The van der Waals surface area contributed by atoms with Crippen LogP contribution in [-0.2, 0) is 20.7 Å². The number of benzene rings is 1. The summed E-state index contributed by atoms with van der Waals surface area (Å²) in [6.45, 7) is 7.07. The predicted molar refractivity (Wildman–Crippen MR) is 102 cm³/mol. The molecule has 1 unspecified atom stereocenters. The van der Waals surface area contributed by atoms with Crippen molar-refractivity contribution >= 4 is 22.8 Å². The van der Waals surface area contributed by atoms with Crippen molar-refractivity contribution < 1.29 is 18.7 Å². The first kappa shape index (κ1) is 18.0. The molecule has 2 aliphatic heterocycles. The molecule has 144 valence electrons. The van der Waals surface area contributed by atoms with E-state index in [9.17, 15) is 9.59 Å². The predicted octanol–water partition coefficient (Wildman–Crippen LogP) is 2.44. The molecule has 2 aliphatic rings. The van der Waals surface area contributed by atoms with E-state index < -0.39 is 0 Å². The fraction of sp³-hybridized carbons (Fsp3) is 0.524. The first-order valence-electron chi connectivity index (χ1n) is 9.69. The lowest BCUT2D eigenvalue weighted by Crippen LogP contribution is -2.53. The number of fused-ring (bicyclic) bond motifs is 1. The van der Waals surface area contributed by atoms with Crippen LogP contribution in [0.4, 0.5) is 0 Å². The summed E-state index contributed by atoms with van der Waals surface area (Å²) >= 11 is 0. The van der Waals surface area contributed by atoms with Crippen molar-refractivity contribution in [3.05, 3.63) is 35.1 Å². The van der Waals surface area contributed by atoms with Crippen LogP contribution in [-0.4, -0.2) is 60.5 Å². The number of aryl methyl sites for hydroxylation is 2. The van der Waals surface area contributed by atoms with E-state index in [0.29, 0.717) is 39.2 Å². The molecule has 1 atom stereocenters. The number of carbonyl (C=O) groups is 2. The highest BCUT2D eigenvalue weighted by molar-refractivity contribution is 5.89. The van der Waals surface area contributed by atoms with E-state index in [4.69, 9.17) is 9.15 Å². The third kappa shape index (κ3) is 3.46. The van der Waals surface area contributed by atoms with E-state index in [1.807, 2.05) is 22.8 Å². The zero-order valence-corrected chi connectivity index (χ0v) is 16.0. The molecule has 1 aromatic heterocycles. The third-order valence-corrected chi connectivity index (χ3v) is 5.83. The largest absolute Gasteiger partial charge is 0.464 e. The van der Waals surface area contributed by atoms with Crippen molar-refractivity contribution in [1.82, 2.24) is 9.80 Å². The van der Waals surface area contributed by atoms with Crippen molar-refractivity contribution in [1.29, 1.82) is 0 Å². The summed E-state index contributed by atoms with van der Waals surface area (Å²) in [5, 5.41) is 1.01. The monoisotopic (exact) mass is 370 g/mol. The molecular weight excluding hydrogens is 344 g/mol. The number of rotatable bonds is 3. The summed E-state index contributed by atoms with van der Waals surface area (Å²) in [5.41, 5.74) is 4.09. The highest BCUT2D eigenvalue weighted by Gasteiger charge is 2.31. The molecule has 6 heteroatoms. The van der Waals surface area contributed by atoms with Crippen LogP contribution in [0.1, 0.15) is 29.5 Å². The number of carbonyl (C=O) groups excluding carboxylic acids is 2. The second kappa shape index (κ2) is 7.35. The van der Waals surface area contributed by atoms with Gasteiger partial charge in [-0.25, -0.2) is 0 Å². The Morgan fingerprint density at radius 3 is 2.56 bits per heavy atom. The molecule has 0 radical (unpaired) electrons. The normalized spacial score (nSPS) is 20.4. The molecule has 4 rings (SSSR count). The maximum Gasteiger partial charge on any atom is 0.251 e. The van der Waals surface area contributed by atoms with Crippen LogP contribution in [0.25, 0.3) is 11.0 Å². The Labute approximate surface area is 159 Å². The topological polar surface area (TPSA) is 63.0 Å². The Morgan fingerprint density at radius 1 is 1.11 bits per heavy atom. The smallest absolute Gasteiger partial charge is 0.251 e. The van der Waals surface area contributed by atoms with Crippen LogP contribution < -0.4 is 0 Å². The first-order chi connectivity index (χ1) is 13.0. The standard InChI is InChI=1S/C21H26N2O4/c1-14-5-6-17-16(13-27-20(17)15(14)2)12-19(24)22-7-9-23(10-8-22)21(25)18-4-3-11-26-18/h5-6,13,18H,3-4,7-12H2,1-2H3. The third-order valence-electron chi connectivity index (χ3n) is 5.83. The SMILES string of the molecule is Cc1ccc2c(CC(=O)N3CCN(C(=O)C4CCCO4)CC3)coc2c1C. The van der Waals surface area contributed by atoms with Gasteiger partial charge in [0.1, 0.15) is 11.7 Å². The average Bonchev–Trinajstić information content (AvgIpc) is 3.35. The Kier molecular flexibility index (Phi) is 4.91. The highest BCUT2D eigenvalue weighted by atomic mass is 16.5. The molecular formula is C21H26N2O4. The van der Waals surface area contributed by atoms with E-state index >= 15 is 0 Å². The molecule has 2 fully saturated rings. The minimum absolute atomic E-state index is 0.0753. The number of nitrogens with zero attached hydrogens (tertiary/aromatic N) is 2. The van der Waals surface area contributed by atoms with E-state index in [-0.39, 0.29) is 17.9 Å². The number of amides is 2. The Bertz CT molecular complexity index is 858. The van der Waals surface area contributed by atoms with Gasteiger partial charge in [0.25, 0.3) is 5.91 Å². The van der Waals surface area contributed by atoms with E-state index in [1.165, 1.54) is 5.56 Å². The second-order valence-corrected chi connectivity index (χ2v) is 7.53. The molecule has 0 bridgehead atoms. The zero-order valence-electron chi connectivity index (χ0n) is 16.0. The van der Waals surface area contributed by atoms with Crippen molar-refractivity contribution in [3.63, 3.8) is 0 Å². The van der Waals surface area contributed by atoms with Crippen LogP contribution in [0.15, 0.2) is 22.8 Å². The second-order valence-electron chi connectivity index (χ2n) is 7.53. The van der Waals surface area contributed by atoms with Gasteiger partial charge in [0, 0.05) is 43.7 Å². The van der Waals surface area contributed by atoms with Gasteiger partial charge in [-0.15, -0.1) is 0 Å². The number of piperazine rings is 1. The fourth-order valence-electron chi connectivity index (χ4n) is 3.95. The molecule has 3 heterocycles. The first-order valence-corrected chi connectivity index (χ1v) is 9.69. The quantitative estimate of drug-likeness (QED) is 0.833. The lowest BCUT2D eigenvalue weighted by molar-refractivity contribution is -0.145. The van der Waals surface area contributed by atoms with Gasteiger partial charge in [0.2, 0.25) is 5.91 Å². The lowest BCUT2D eigenvalue weighted by atomic mass is 10.0. The summed E-state index contributed by atoms with van der Waals surface area (Å²) in [4.78, 5) is 28.9. The molecule has 0 N–H and O–H groups in total. The number of ether oxygens (including phenoxy) is 1. The average molecular weight is 370 g/mol. The molecule has 1 aromatic carbocycles. The summed E-state index contributed by atoms with van der Waals surface area (Å²) in [6.07, 6.45) is 3.51. The van der Waals surface area contributed by atoms with Gasteiger partial charge in [-0.2, -0.15) is 0 Å². The van der Waals surface area contributed by atoms with Gasteiger partial charge in [-0.3, -0.25) is 9.59 Å². The van der Waals surface area contributed by atoms with Crippen LogP contribution in [0.2, 0.25) is 0 Å². The van der Waals surface area contributed by atoms with Crippen molar-refractivity contribution in [3.8, 4) is 0 Å². The van der Waals surface area contributed by atoms with Crippen LogP contribution in [0.5, 0.6) is 0 Å². The Morgan fingerprint density at radius 2 is 1.85 bits per heavy atom. The summed E-state index contributed by atoms with van der Waals surface area (Å²) in [7, 11) is 0. The van der Waals surface area contributed by atoms with Crippen LogP contribution >= 0.6 is 0 Å². The maximum absolute atomic E-state index is 12.7. The van der Waals surface area contributed by atoms with Crippen molar-refractivity contribution in [2.75, 3.05) is 32.8 Å². The van der Waals surface area contributed by atoms with Crippen LogP contribution in [0, 0.1) is 13.8 Å². The Hall–Kier alpha value is -2.34. The van der Waals surface area contributed by atoms with E-state index in [0.717, 1.165) is 34.9 Å². The minimum atomic E-state index is -0.281. The molecule has 2 amide bonds. The molecule has 0 aliphatic carbocycles. The van der Waals surface area contributed by atoms with Crippen molar-refractivity contribution in [2.45, 2.75) is 39.2 Å². The number of hydrogen-bond donors (Lipinski definition) is 0. The molecule has 6 nitrogen and oxygen atoms in total. The fourth-order valence-corrected chi connectivity index (χ4v) is 3.95. The van der Waals surface area contributed by atoms with Gasteiger partial charge in [0.15, 0.2) is 0 Å². The summed E-state index contributed by atoms with van der Waals surface area (Å²) < 4.78 is 11.2. The van der Waals surface area contributed by atoms with Gasteiger partial charge < -0.3 is 19.0 Å². The van der Waals surface area contributed by atoms with Crippen molar-refractivity contribution in [2.24, 2.45) is 0 Å². The van der Waals surface area contributed by atoms with E-state index in [1.54, 1.807) is 6.26 Å². The molecule has 0 saturated carbocycles. The molecule has 27 heavy (non-hydrogen) atoms. The number of furan rings is 1. The van der Waals surface area contributed by atoms with Crippen LogP contribution in [0.3, 0.4) is 0 Å². The zero-order chi connectivity index (χ0) is 19.0. The number of hydrogen-bond acceptors (Lipinski definition) is 4. The summed E-state index contributed by atoms with van der Waals surface area (Å²) in [5.74, 6) is 0.159.